The highest BCUT2D eigenvalue weighted by atomic mass is 16.1. The summed E-state index contributed by atoms with van der Waals surface area (Å²) in [4.78, 5) is 18.8. The maximum Gasteiger partial charge on any atom is 0.259 e. The molecule has 0 aliphatic heterocycles. The van der Waals surface area contributed by atoms with Crippen LogP contribution >= 0.6 is 0 Å². The van der Waals surface area contributed by atoms with Gasteiger partial charge in [-0.2, -0.15) is 0 Å². The fraction of sp³-hybridized carbons (Fsp3) is 0.231. The van der Waals surface area contributed by atoms with Crippen molar-refractivity contribution in [3.05, 3.63) is 46.5 Å². The van der Waals surface area contributed by atoms with E-state index < -0.39 is 5.54 Å². The van der Waals surface area contributed by atoms with Gasteiger partial charge in [-0.25, -0.2) is 4.98 Å². The van der Waals surface area contributed by atoms with E-state index in [1.54, 1.807) is 18.2 Å². The molecule has 0 unspecified atom stereocenters. The zero-order valence-corrected chi connectivity index (χ0v) is 9.90. The van der Waals surface area contributed by atoms with Gasteiger partial charge < -0.3 is 10.7 Å². The van der Waals surface area contributed by atoms with Crippen molar-refractivity contribution >= 4 is 17.0 Å². The minimum absolute atomic E-state index is 0.134. The normalized spacial score (nSPS) is 12.4. The quantitative estimate of drug-likeness (QED) is 0.822. The third-order valence-electron chi connectivity index (χ3n) is 2.30. The maximum absolute atomic E-state index is 11.8. The average Bonchev–Trinajstić information content (AvgIpc) is 2.26. The van der Waals surface area contributed by atoms with Crippen molar-refractivity contribution in [2.45, 2.75) is 19.4 Å². The largest absolute Gasteiger partial charge is 0.322 e. The van der Waals surface area contributed by atoms with Crippen LogP contribution in [-0.2, 0) is 0 Å². The number of aromatic amines is 1. The zero-order chi connectivity index (χ0) is 12.5. The summed E-state index contributed by atoms with van der Waals surface area (Å²) in [5.74, 6) is 0.521. The molecule has 0 aliphatic carbocycles. The molecule has 1 aromatic carbocycles. The highest BCUT2D eigenvalue weighted by Gasteiger charge is 2.05. The van der Waals surface area contributed by atoms with Crippen molar-refractivity contribution < 1.29 is 0 Å². The van der Waals surface area contributed by atoms with Gasteiger partial charge in [0.25, 0.3) is 5.56 Å². The van der Waals surface area contributed by atoms with Crippen LogP contribution in [0, 0.1) is 0 Å². The monoisotopic (exact) mass is 229 g/mol. The highest BCUT2D eigenvalue weighted by molar-refractivity contribution is 5.77. The number of benzene rings is 1. The molecule has 3 N–H and O–H groups in total. The molecule has 0 radical (unpaired) electrons. The van der Waals surface area contributed by atoms with Gasteiger partial charge in [-0.3, -0.25) is 4.79 Å². The number of H-pyrrole nitrogens is 1. The topological polar surface area (TPSA) is 71.8 Å². The third-order valence-corrected chi connectivity index (χ3v) is 2.30. The van der Waals surface area contributed by atoms with E-state index in [4.69, 9.17) is 5.73 Å². The fourth-order valence-electron chi connectivity index (χ4n) is 1.48. The van der Waals surface area contributed by atoms with E-state index in [-0.39, 0.29) is 5.56 Å². The Morgan fingerprint density at radius 3 is 2.76 bits per heavy atom. The molecule has 0 amide bonds. The van der Waals surface area contributed by atoms with E-state index in [0.717, 1.165) is 0 Å². The zero-order valence-electron chi connectivity index (χ0n) is 9.90. The first-order chi connectivity index (χ1) is 7.96. The summed E-state index contributed by atoms with van der Waals surface area (Å²) in [7, 11) is 0. The van der Waals surface area contributed by atoms with E-state index in [1.807, 2.05) is 32.0 Å². The molecule has 2 aromatic rings. The average molecular weight is 229 g/mol. The Hall–Kier alpha value is -1.94. The lowest BCUT2D eigenvalue weighted by molar-refractivity contribution is 0.657. The van der Waals surface area contributed by atoms with Crippen molar-refractivity contribution in [2.24, 2.45) is 5.73 Å². The van der Waals surface area contributed by atoms with Gasteiger partial charge in [0.2, 0.25) is 0 Å². The maximum atomic E-state index is 11.8. The first-order valence-electron chi connectivity index (χ1n) is 5.43. The Labute approximate surface area is 99.2 Å². The molecule has 1 heterocycles. The molecule has 0 spiro atoms. The van der Waals surface area contributed by atoms with Gasteiger partial charge in [0.05, 0.1) is 10.9 Å². The van der Waals surface area contributed by atoms with Gasteiger partial charge in [0, 0.05) is 5.54 Å². The molecule has 0 saturated carbocycles. The number of nitrogens with one attached hydrogen (secondary N) is 1. The number of fused-ring (bicyclic) bond motifs is 1. The predicted octanol–water partition coefficient (Wildman–Crippen LogP) is 1.67. The first-order valence-corrected chi connectivity index (χ1v) is 5.43. The number of aromatic nitrogens is 2. The van der Waals surface area contributed by atoms with E-state index in [2.05, 4.69) is 9.97 Å². The second kappa shape index (κ2) is 4.14. The molecule has 4 heteroatoms. The van der Waals surface area contributed by atoms with Gasteiger partial charge in [0.15, 0.2) is 0 Å². The molecule has 2 rings (SSSR count). The smallest absolute Gasteiger partial charge is 0.259 e. The lowest BCUT2D eigenvalue weighted by atomic mass is 10.1. The molecule has 0 atom stereocenters. The summed E-state index contributed by atoms with van der Waals surface area (Å²) in [5.41, 5.74) is 5.95. The molecule has 0 fully saturated rings. The number of hydrogen-bond donors (Lipinski definition) is 2. The molecule has 0 bridgehead atoms. The number of para-hydroxylation sites is 1. The van der Waals surface area contributed by atoms with Crippen LogP contribution in [0.25, 0.3) is 17.0 Å². The van der Waals surface area contributed by atoms with Crippen LogP contribution in [0.4, 0.5) is 0 Å². The Morgan fingerprint density at radius 1 is 1.35 bits per heavy atom. The summed E-state index contributed by atoms with van der Waals surface area (Å²) in [6.07, 6.45) is 3.54. The Kier molecular flexibility index (Phi) is 2.81. The van der Waals surface area contributed by atoms with Gasteiger partial charge in [0.1, 0.15) is 5.82 Å². The van der Waals surface area contributed by atoms with Crippen LogP contribution in [-0.4, -0.2) is 15.5 Å². The summed E-state index contributed by atoms with van der Waals surface area (Å²) in [6, 6.07) is 7.24. The van der Waals surface area contributed by atoms with E-state index in [1.165, 1.54) is 0 Å². The number of rotatable bonds is 2. The molecule has 17 heavy (non-hydrogen) atoms. The molecule has 1 aromatic heterocycles. The van der Waals surface area contributed by atoms with Crippen molar-refractivity contribution in [2.75, 3.05) is 0 Å². The minimum Gasteiger partial charge on any atom is -0.322 e. The van der Waals surface area contributed by atoms with Crippen LogP contribution in [0.15, 0.2) is 35.1 Å². The second-order valence-electron chi connectivity index (χ2n) is 4.62. The van der Waals surface area contributed by atoms with Crippen LogP contribution in [0.5, 0.6) is 0 Å². The number of hydrogen-bond acceptors (Lipinski definition) is 3. The summed E-state index contributed by atoms with van der Waals surface area (Å²) in [5, 5.41) is 0.594. The summed E-state index contributed by atoms with van der Waals surface area (Å²) < 4.78 is 0. The van der Waals surface area contributed by atoms with Crippen molar-refractivity contribution in [1.82, 2.24) is 9.97 Å². The first kappa shape index (κ1) is 11.5. The minimum atomic E-state index is -0.426. The SMILES string of the molecule is CC(C)(N)/C=C/c1nc2ccccc2c(=O)[nH]1. The Balaban J connectivity index is 2.51. The van der Waals surface area contributed by atoms with Crippen LogP contribution < -0.4 is 11.3 Å². The standard InChI is InChI=1S/C13H15N3O/c1-13(2,14)8-7-11-15-10-6-4-3-5-9(10)12(17)16-11/h3-8H,14H2,1-2H3,(H,15,16,17)/b8-7+. The lowest BCUT2D eigenvalue weighted by Crippen LogP contribution is -2.28. The lowest BCUT2D eigenvalue weighted by Gasteiger charge is -2.11. The van der Waals surface area contributed by atoms with Crippen LogP contribution in [0.2, 0.25) is 0 Å². The van der Waals surface area contributed by atoms with Gasteiger partial charge in [-0.05, 0) is 32.1 Å². The van der Waals surface area contributed by atoms with E-state index in [0.29, 0.717) is 16.7 Å². The van der Waals surface area contributed by atoms with Crippen LogP contribution in [0.1, 0.15) is 19.7 Å². The summed E-state index contributed by atoms with van der Waals surface area (Å²) in [6.45, 7) is 3.76. The predicted molar refractivity (Wildman–Crippen MR) is 69.7 cm³/mol. The van der Waals surface area contributed by atoms with Crippen molar-refractivity contribution in [1.29, 1.82) is 0 Å². The number of nitrogens with zero attached hydrogens (tertiary/aromatic N) is 1. The molecule has 0 aliphatic rings. The Morgan fingerprint density at radius 2 is 2.06 bits per heavy atom. The van der Waals surface area contributed by atoms with Gasteiger partial charge in [-0.1, -0.05) is 18.2 Å². The van der Waals surface area contributed by atoms with Crippen LogP contribution in [0.3, 0.4) is 0 Å². The van der Waals surface area contributed by atoms with E-state index >= 15 is 0 Å². The Bertz CT molecular complexity index is 620. The summed E-state index contributed by atoms with van der Waals surface area (Å²) >= 11 is 0. The molecule has 88 valence electrons. The second-order valence-corrected chi connectivity index (χ2v) is 4.62. The van der Waals surface area contributed by atoms with Crippen molar-refractivity contribution in [3.63, 3.8) is 0 Å². The number of nitrogens with two attached hydrogens (primary N) is 1. The third kappa shape index (κ3) is 2.79. The van der Waals surface area contributed by atoms with Gasteiger partial charge in [-0.15, -0.1) is 0 Å². The van der Waals surface area contributed by atoms with Gasteiger partial charge >= 0.3 is 0 Å². The molecular weight excluding hydrogens is 214 g/mol. The molecule has 0 saturated heterocycles. The highest BCUT2D eigenvalue weighted by Crippen LogP contribution is 2.07. The van der Waals surface area contributed by atoms with Crippen molar-refractivity contribution in [3.8, 4) is 0 Å². The fourth-order valence-corrected chi connectivity index (χ4v) is 1.48. The molecular formula is C13H15N3O. The van der Waals surface area contributed by atoms with E-state index in [9.17, 15) is 4.79 Å². The molecule has 4 nitrogen and oxygen atoms in total.